The van der Waals surface area contributed by atoms with E-state index in [4.69, 9.17) is 29.9 Å². The normalized spacial score (nSPS) is 12.0. The summed E-state index contributed by atoms with van der Waals surface area (Å²) >= 11 is 0. The van der Waals surface area contributed by atoms with Crippen LogP contribution >= 0.6 is 0 Å². The lowest BCUT2D eigenvalue weighted by molar-refractivity contribution is 1.14. The van der Waals surface area contributed by atoms with Gasteiger partial charge in [0, 0.05) is 23.1 Å². The molecule has 0 fully saturated rings. The predicted molar refractivity (Wildman–Crippen MR) is 253 cm³/mol. The van der Waals surface area contributed by atoms with E-state index in [1.807, 2.05) is 18.2 Å². The second-order valence-electron chi connectivity index (χ2n) is 15.1. The molecule has 0 N–H and O–H groups in total. The Morgan fingerprint density at radius 2 is 0.929 bits per heavy atom. The van der Waals surface area contributed by atoms with Crippen LogP contribution < -0.4 is 0 Å². The number of nitriles is 10. The molecule has 7 aromatic rings. The van der Waals surface area contributed by atoms with Crippen molar-refractivity contribution in [2.45, 2.75) is 26.2 Å². The molecule has 0 aliphatic heterocycles. The summed E-state index contributed by atoms with van der Waals surface area (Å²) in [7, 11) is 0. The van der Waals surface area contributed by atoms with E-state index in [9.17, 15) is 52.6 Å². The van der Waals surface area contributed by atoms with Crippen LogP contribution in [-0.2, 0) is 0 Å². The highest BCUT2D eigenvalue weighted by atomic mass is 14.9. The molecule has 70 heavy (non-hydrogen) atoms. The number of rotatable bonds is 8. The first-order valence-corrected chi connectivity index (χ1v) is 20.8. The molecule has 8 rings (SSSR count). The number of allylic oxidation sites excluding steroid dienone is 10. The minimum Gasteiger partial charge on any atom is -0.247 e. The zero-order valence-electron chi connectivity index (χ0n) is 36.4. The van der Waals surface area contributed by atoms with E-state index < -0.39 is 0 Å². The fraction of sp³-hybridized carbons (Fsp3) is 0.0741. The molecule has 0 spiro atoms. The molecule has 1 aliphatic rings. The predicted octanol–water partition coefficient (Wildman–Crippen LogP) is 9.51. The molecular formula is C54H24N16. The molecule has 0 radical (unpaired) electrons. The van der Waals surface area contributed by atoms with Crippen molar-refractivity contribution in [2.24, 2.45) is 0 Å². The van der Waals surface area contributed by atoms with Crippen molar-refractivity contribution < 1.29 is 0 Å². The molecular weight excluding hydrogens is 873 g/mol. The van der Waals surface area contributed by atoms with Gasteiger partial charge in [0.05, 0.1) is 110 Å². The van der Waals surface area contributed by atoms with E-state index in [0.29, 0.717) is 39.2 Å². The van der Waals surface area contributed by atoms with Gasteiger partial charge in [0.1, 0.15) is 75.6 Å². The number of hydrogen-bond donors (Lipinski definition) is 0. The third-order valence-electron chi connectivity index (χ3n) is 11.1. The Morgan fingerprint density at radius 1 is 0.486 bits per heavy atom. The van der Waals surface area contributed by atoms with E-state index >= 15 is 0 Å². The molecule has 0 atom stereocenters. The average Bonchev–Trinajstić information content (AvgIpc) is 3.62. The average molecular weight is 897 g/mol. The van der Waals surface area contributed by atoms with Gasteiger partial charge in [-0.25, -0.2) is 29.9 Å². The molecule has 3 heterocycles. The van der Waals surface area contributed by atoms with Crippen molar-refractivity contribution >= 4 is 44.2 Å². The topological polar surface area (TPSA) is 315 Å². The summed E-state index contributed by atoms with van der Waals surface area (Å²) in [6.45, 7) is 1.71. The largest absolute Gasteiger partial charge is 0.247 e. The van der Waals surface area contributed by atoms with Crippen molar-refractivity contribution in [3.63, 3.8) is 0 Å². The molecule has 16 heteroatoms. The highest BCUT2D eigenvalue weighted by Gasteiger charge is 2.26. The van der Waals surface area contributed by atoms with Crippen LogP contribution in [0.5, 0.6) is 0 Å². The minimum atomic E-state index is -0.00858. The van der Waals surface area contributed by atoms with E-state index in [-0.39, 0.29) is 120 Å². The lowest BCUT2D eigenvalue weighted by Gasteiger charge is -2.17. The molecule has 4 aromatic carbocycles. The summed E-state index contributed by atoms with van der Waals surface area (Å²) in [5, 5.41) is 98.7. The van der Waals surface area contributed by atoms with Gasteiger partial charge in [0.2, 0.25) is 0 Å². The number of benzene rings is 4. The maximum atomic E-state index is 10.1. The van der Waals surface area contributed by atoms with Gasteiger partial charge in [0.15, 0.2) is 0 Å². The van der Waals surface area contributed by atoms with E-state index in [2.05, 4.69) is 42.5 Å². The molecule has 3 aromatic heterocycles. The van der Waals surface area contributed by atoms with Crippen molar-refractivity contribution in [3.05, 3.63) is 153 Å². The van der Waals surface area contributed by atoms with Gasteiger partial charge >= 0.3 is 0 Å². The van der Waals surface area contributed by atoms with Crippen LogP contribution in [0, 0.1) is 120 Å². The van der Waals surface area contributed by atoms with Crippen LogP contribution in [-0.4, -0.2) is 29.9 Å². The van der Waals surface area contributed by atoms with Gasteiger partial charge in [-0.3, -0.25) is 0 Å². The number of nitrogens with zero attached hydrogens (tertiary/aromatic N) is 16. The first-order chi connectivity index (χ1) is 34.2. The van der Waals surface area contributed by atoms with Gasteiger partial charge in [-0.15, -0.1) is 0 Å². The lowest BCUT2D eigenvalue weighted by Crippen LogP contribution is -2.06. The Hall–Kier alpha value is -11.5. The van der Waals surface area contributed by atoms with E-state index in [1.54, 1.807) is 55.5 Å². The fourth-order valence-electron chi connectivity index (χ4n) is 7.79. The highest BCUT2D eigenvalue weighted by molar-refractivity contribution is 6.19. The smallest absolute Gasteiger partial charge is 0.120 e. The number of aryl methyl sites for hydroxylation is 1. The van der Waals surface area contributed by atoms with Gasteiger partial charge in [-0.2, -0.15) is 52.6 Å². The molecule has 1 aliphatic carbocycles. The number of fused-ring (bicyclic) bond motifs is 6. The Bertz CT molecular complexity index is 4120. The Kier molecular flexibility index (Phi) is 12.4. The summed E-state index contributed by atoms with van der Waals surface area (Å²) in [5.41, 5.74) is 5.26. The maximum absolute atomic E-state index is 10.1. The van der Waals surface area contributed by atoms with Gasteiger partial charge < -0.3 is 0 Å². The van der Waals surface area contributed by atoms with Gasteiger partial charge in [-0.1, -0.05) is 48.6 Å². The Balaban J connectivity index is 1.61. The van der Waals surface area contributed by atoms with Gasteiger partial charge in [-0.05, 0) is 60.5 Å². The molecule has 0 bridgehead atoms. The summed E-state index contributed by atoms with van der Waals surface area (Å²) < 4.78 is 0. The number of hydrogen-bond acceptors (Lipinski definition) is 16. The third kappa shape index (κ3) is 8.11. The Morgan fingerprint density at radius 3 is 1.37 bits per heavy atom. The quantitative estimate of drug-likeness (QED) is 0.101. The molecule has 0 saturated heterocycles. The van der Waals surface area contributed by atoms with Crippen molar-refractivity contribution in [1.82, 2.24) is 29.9 Å². The SMILES string of the molecule is Cc1nc2c3nc(C4=CCC(C#N)=C(C#N)C=C4)c(-c4ccc(C#N)c(C#N)c4)nc3c3nc(-c4ccc(C#N)c(C#N)c4)c(-c4ccc(C#N)c(C#N)c4)nc3c2nc1C(/C=C\CC#N)=C/CC#N. The second-order valence-corrected chi connectivity index (χ2v) is 15.1. The maximum Gasteiger partial charge on any atom is 0.120 e. The fourth-order valence-corrected chi connectivity index (χ4v) is 7.79. The van der Waals surface area contributed by atoms with Crippen molar-refractivity contribution in [1.29, 1.82) is 52.6 Å². The van der Waals surface area contributed by atoms with Gasteiger partial charge in [0.25, 0.3) is 0 Å². The third-order valence-corrected chi connectivity index (χ3v) is 11.1. The summed E-state index contributed by atoms with van der Waals surface area (Å²) in [4.78, 5) is 31.2. The van der Waals surface area contributed by atoms with Crippen LogP contribution in [0.15, 0.2) is 102 Å². The number of aromatic nitrogens is 6. The van der Waals surface area contributed by atoms with Crippen molar-refractivity contribution in [3.8, 4) is 94.5 Å². The summed E-state index contributed by atoms with van der Waals surface area (Å²) in [5.74, 6) is 0. The zero-order valence-corrected chi connectivity index (χ0v) is 36.4. The minimum absolute atomic E-state index is 0.00858. The first-order valence-electron chi connectivity index (χ1n) is 20.8. The van der Waals surface area contributed by atoms with Crippen molar-refractivity contribution in [2.75, 3.05) is 0 Å². The van der Waals surface area contributed by atoms with E-state index in [1.165, 1.54) is 42.5 Å². The monoisotopic (exact) mass is 896 g/mol. The Labute approximate surface area is 398 Å². The van der Waals surface area contributed by atoms with Crippen LogP contribution in [0.1, 0.15) is 69.7 Å². The van der Waals surface area contributed by atoms with Crippen LogP contribution in [0.3, 0.4) is 0 Å². The second kappa shape index (κ2) is 19.3. The standard InChI is InChI=1S/C54H24N16/c1-30-44(31(6-4-18-56)5-2-3-17-55)66-50-49(65-30)51-53(68-46(33-9-14-38(24-59)41(19-33)27-62)45(67-51)32-7-12-36(22-57)37(23-58)13-8-32)54-52(50)69-47(34-10-15-39(25-60)42(20-34)28-63)48(70-54)35-11-16-40(26-61)43(21-35)29-64/h2,5-12,14-16,19-21H,3-4,13H2,1H3/b5-2-,31-6+. The van der Waals surface area contributed by atoms with Crippen LogP contribution in [0.4, 0.5) is 0 Å². The van der Waals surface area contributed by atoms with E-state index in [0.717, 1.165) is 0 Å². The first kappa shape index (κ1) is 45.1. The highest BCUT2D eigenvalue weighted by Crippen LogP contribution is 2.40. The molecule has 16 nitrogen and oxygen atoms in total. The van der Waals surface area contributed by atoms with Crippen LogP contribution in [0.25, 0.3) is 78.0 Å². The summed E-state index contributed by atoms with van der Waals surface area (Å²) in [6, 6.07) is 34.3. The molecule has 0 amide bonds. The molecule has 320 valence electrons. The molecule has 0 unspecified atom stereocenters. The lowest BCUT2D eigenvalue weighted by atomic mass is 9.97. The van der Waals surface area contributed by atoms with Crippen LogP contribution in [0.2, 0.25) is 0 Å². The zero-order chi connectivity index (χ0) is 49.5. The summed E-state index contributed by atoms with van der Waals surface area (Å²) in [6.07, 6.45) is 9.91. The molecule has 0 saturated carbocycles.